The van der Waals surface area contributed by atoms with E-state index in [2.05, 4.69) is 16.9 Å². The summed E-state index contributed by atoms with van der Waals surface area (Å²) in [5.41, 5.74) is 0. The van der Waals surface area contributed by atoms with Crippen molar-refractivity contribution >= 4 is 0 Å². The number of unbranched alkanes of at least 4 members (excludes halogenated alkanes) is 9. The quantitative estimate of drug-likeness (QED) is 0.557. The third-order valence-corrected chi connectivity index (χ3v) is 3.71. The van der Waals surface area contributed by atoms with Gasteiger partial charge in [-0.05, 0) is 12.5 Å². The average molecular weight is 278 g/mol. The van der Waals surface area contributed by atoms with Crippen LogP contribution in [0.3, 0.4) is 0 Å². The fourth-order valence-corrected chi connectivity index (χ4v) is 2.44. The van der Waals surface area contributed by atoms with Crippen molar-refractivity contribution < 1.29 is 5.11 Å². The summed E-state index contributed by atoms with van der Waals surface area (Å²) in [7, 11) is 0. The Morgan fingerprint density at radius 2 is 1.35 bits per heavy atom. The Balaban J connectivity index is 1.90. The van der Waals surface area contributed by atoms with Gasteiger partial charge in [-0.25, -0.2) is 9.97 Å². The lowest BCUT2D eigenvalue weighted by Gasteiger charge is -2.08. The van der Waals surface area contributed by atoms with Crippen molar-refractivity contribution in [2.45, 2.75) is 83.7 Å². The van der Waals surface area contributed by atoms with Gasteiger partial charge in [-0.15, -0.1) is 0 Å². The summed E-state index contributed by atoms with van der Waals surface area (Å²) < 4.78 is 0. The van der Waals surface area contributed by atoms with Gasteiger partial charge in [0.1, 0.15) is 6.10 Å². The summed E-state index contributed by atoms with van der Waals surface area (Å²) in [6, 6.07) is 1.77. The lowest BCUT2D eigenvalue weighted by molar-refractivity contribution is 0.153. The molecule has 0 aliphatic heterocycles. The highest BCUT2D eigenvalue weighted by Crippen LogP contribution is 2.17. The Hall–Kier alpha value is -0.960. The van der Waals surface area contributed by atoms with E-state index in [1.807, 2.05) is 0 Å². The van der Waals surface area contributed by atoms with E-state index in [1.165, 1.54) is 57.8 Å². The first kappa shape index (κ1) is 17.1. The van der Waals surface area contributed by atoms with Crippen molar-refractivity contribution in [3.05, 3.63) is 24.3 Å². The maximum atomic E-state index is 9.92. The molecule has 1 unspecified atom stereocenters. The van der Waals surface area contributed by atoms with Crippen LogP contribution in [0.4, 0.5) is 0 Å². The molecule has 1 heterocycles. The number of nitrogens with zero attached hydrogens (tertiary/aromatic N) is 2. The topological polar surface area (TPSA) is 46.0 Å². The fraction of sp³-hybridized carbons (Fsp3) is 0.765. The van der Waals surface area contributed by atoms with Crippen LogP contribution in [0, 0.1) is 0 Å². The average Bonchev–Trinajstić information content (AvgIpc) is 2.50. The molecular formula is C17H30N2O. The van der Waals surface area contributed by atoms with Gasteiger partial charge < -0.3 is 5.11 Å². The Labute approximate surface area is 123 Å². The van der Waals surface area contributed by atoms with Gasteiger partial charge in [0.15, 0.2) is 5.82 Å². The van der Waals surface area contributed by atoms with Crippen LogP contribution in [0.5, 0.6) is 0 Å². The van der Waals surface area contributed by atoms with Crippen LogP contribution in [0.25, 0.3) is 0 Å². The van der Waals surface area contributed by atoms with E-state index in [9.17, 15) is 5.11 Å². The minimum atomic E-state index is -0.495. The molecular weight excluding hydrogens is 248 g/mol. The molecule has 3 heteroatoms. The summed E-state index contributed by atoms with van der Waals surface area (Å²) in [4.78, 5) is 8.16. The van der Waals surface area contributed by atoms with Crippen LogP contribution >= 0.6 is 0 Å². The van der Waals surface area contributed by atoms with Gasteiger partial charge in [0.2, 0.25) is 0 Å². The molecule has 0 amide bonds. The molecule has 0 fully saturated rings. The van der Waals surface area contributed by atoms with E-state index in [0.717, 1.165) is 12.8 Å². The molecule has 0 aliphatic carbocycles. The maximum absolute atomic E-state index is 9.92. The second-order valence-electron chi connectivity index (χ2n) is 5.59. The third-order valence-electron chi connectivity index (χ3n) is 3.71. The molecule has 0 saturated heterocycles. The molecule has 0 radical (unpaired) electrons. The van der Waals surface area contributed by atoms with Crippen LogP contribution < -0.4 is 0 Å². The van der Waals surface area contributed by atoms with Crippen LogP contribution in [0.1, 0.15) is 89.5 Å². The third kappa shape index (κ3) is 8.26. The minimum Gasteiger partial charge on any atom is -0.385 e. The van der Waals surface area contributed by atoms with Gasteiger partial charge in [0, 0.05) is 12.4 Å². The number of aliphatic hydroxyl groups excluding tert-OH is 1. The normalized spacial score (nSPS) is 12.5. The zero-order valence-electron chi connectivity index (χ0n) is 12.9. The summed E-state index contributed by atoms with van der Waals surface area (Å²) in [6.07, 6.45) is 16.8. The lowest BCUT2D eigenvalue weighted by Crippen LogP contribution is -2.02. The van der Waals surface area contributed by atoms with Crippen molar-refractivity contribution in [2.75, 3.05) is 0 Å². The first-order valence-corrected chi connectivity index (χ1v) is 8.29. The van der Waals surface area contributed by atoms with E-state index in [1.54, 1.807) is 18.5 Å². The van der Waals surface area contributed by atoms with Crippen molar-refractivity contribution in [1.82, 2.24) is 9.97 Å². The van der Waals surface area contributed by atoms with Gasteiger partial charge in [0.05, 0.1) is 0 Å². The van der Waals surface area contributed by atoms with Crippen molar-refractivity contribution in [3.8, 4) is 0 Å². The molecule has 0 bridgehead atoms. The zero-order chi connectivity index (χ0) is 14.5. The van der Waals surface area contributed by atoms with Crippen LogP contribution in [0.2, 0.25) is 0 Å². The molecule has 114 valence electrons. The molecule has 1 aromatic rings. The van der Waals surface area contributed by atoms with Gasteiger partial charge >= 0.3 is 0 Å². The predicted molar refractivity (Wildman–Crippen MR) is 83.5 cm³/mol. The SMILES string of the molecule is CCCCCCCCCCCCC(O)c1ncccn1. The Kier molecular flexibility index (Phi) is 10.1. The number of rotatable bonds is 12. The number of hydrogen-bond acceptors (Lipinski definition) is 3. The number of aliphatic hydroxyl groups is 1. The smallest absolute Gasteiger partial charge is 0.156 e. The lowest BCUT2D eigenvalue weighted by atomic mass is 10.0. The second-order valence-corrected chi connectivity index (χ2v) is 5.59. The molecule has 0 aliphatic rings. The van der Waals surface area contributed by atoms with Gasteiger partial charge in [-0.1, -0.05) is 71.1 Å². The minimum absolute atomic E-state index is 0.495. The van der Waals surface area contributed by atoms with Crippen LogP contribution in [-0.4, -0.2) is 15.1 Å². The first-order valence-electron chi connectivity index (χ1n) is 8.29. The summed E-state index contributed by atoms with van der Waals surface area (Å²) in [5.74, 6) is 0.559. The van der Waals surface area contributed by atoms with Crippen molar-refractivity contribution in [1.29, 1.82) is 0 Å². The second kappa shape index (κ2) is 11.8. The standard InChI is InChI=1S/C17H30N2O/c1-2-3-4-5-6-7-8-9-10-11-13-16(20)17-18-14-12-15-19-17/h12,14-16,20H,2-11,13H2,1H3. The largest absolute Gasteiger partial charge is 0.385 e. The highest BCUT2D eigenvalue weighted by molar-refractivity contribution is 4.92. The van der Waals surface area contributed by atoms with Gasteiger partial charge in [0.25, 0.3) is 0 Å². The maximum Gasteiger partial charge on any atom is 0.156 e. The fourth-order valence-electron chi connectivity index (χ4n) is 2.44. The first-order chi connectivity index (χ1) is 9.84. The Morgan fingerprint density at radius 1 is 0.850 bits per heavy atom. The van der Waals surface area contributed by atoms with Gasteiger partial charge in [-0.3, -0.25) is 0 Å². The summed E-state index contributed by atoms with van der Waals surface area (Å²) in [5, 5.41) is 9.92. The van der Waals surface area contributed by atoms with Crippen molar-refractivity contribution in [2.24, 2.45) is 0 Å². The van der Waals surface area contributed by atoms with Crippen LogP contribution in [-0.2, 0) is 0 Å². The van der Waals surface area contributed by atoms with E-state index in [4.69, 9.17) is 0 Å². The van der Waals surface area contributed by atoms with E-state index < -0.39 is 6.10 Å². The molecule has 0 spiro atoms. The molecule has 0 saturated carbocycles. The monoisotopic (exact) mass is 278 g/mol. The van der Waals surface area contributed by atoms with Crippen LogP contribution in [0.15, 0.2) is 18.5 Å². The van der Waals surface area contributed by atoms with E-state index >= 15 is 0 Å². The van der Waals surface area contributed by atoms with E-state index in [-0.39, 0.29) is 0 Å². The molecule has 20 heavy (non-hydrogen) atoms. The Morgan fingerprint density at radius 3 is 1.90 bits per heavy atom. The predicted octanol–water partition coefficient (Wildman–Crippen LogP) is 4.82. The number of hydrogen-bond donors (Lipinski definition) is 1. The molecule has 1 N–H and O–H groups in total. The zero-order valence-corrected chi connectivity index (χ0v) is 12.9. The molecule has 0 aromatic carbocycles. The molecule has 1 atom stereocenters. The Bertz CT molecular complexity index is 316. The molecule has 1 rings (SSSR count). The van der Waals surface area contributed by atoms with Gasteiger partial charge in [-0.2, -0.15) is 0 Å². The summed E-state index contributed by atoms with van der Waals surface area (Å²) in [6.45, 7) is 2.26. The molecule has 1 aromatic heterocycles. The van der Waals surface area contributed by atoms with Crippen molar-refractivity contribution in [3.63, 3.8) is 0 Å². The summed E-state index contributed by atoms with van der Waals surface area (Å²) >= 11 is 0. The molecule has 3 nitrogen and oxygen atoms in total. The highest BCUT2D eigenvalue weighted by atomic mass is 16.3. The number of aromatic nitrogens is 2. The van der Waals surface area contributed by atoms with E-state index in [0.29, 0.717) is 5.82 Å². The highest BCUT2D eigenvalue weighted by Gasteiger charge is 2.08.